The quantitative estimate of drug-likeness (QED) is 0.882. The molecule has 1 aliphatic rings. The zero-order valence-corrected chi connectivity index (χ0v) is 12.6. The van der Waals surface area contributed by atoms with E-state index < -0.39 is 0 Å². The fourth-order valence-corrected chi connectivity index (χ4v) is 3.79. The Kier molecular flexibility index (Phi) is 3.28. The van der Waals surface area contributed by atoms with Gasteiger partial charge in [0.1, 0.15) is 5.82 Å². The van der Waals surface area contributed by atoms with Crippen LogP contribution in [0.3, 0.4) is 0 Å². The average molecular weight is 338 g/mol. The van der Waals surface area contributed by atoms with Crippen LogP contribution in [0.5, 0.6) is 0 Å². The first-order chi connectivity index (χ1) is 9.19. The van der Waals surface area contributed by atoms with Gasteiger partial charge in [-0.1, -0.05) is 45.5 Å². The lowest BCUT2D eigenvalue weighted by atomic mass is 9.92. The van der Waals surface area contributed by atoms with Gasteiger partial charge in [-0.05, 0) is 11.6 Å². The van der Waals surface area contributed by atoms with Gasteiger partial charge in [0.05, 0.1) is 4.88 Å². The normalized spacial score (nSPS) is 17.8. The summed E-state index contributed by atoms with van der Waals surface area (Å²) in [6.45, 7) is 0. The third-order valence-electron chi connectivity index (χ3n) is 3.11. The Labute approximate surface area is 123 Å². The van der Waals surface area contributed by atoms with E-state index in [1.165, 1.54) is 0 Å². The fourth-order valence-electron chi connectivity index (χ4n) is 2.23. The SMILES string of the molecule is CNc1nc2c(s1)C(c1ccccc1Br)CC(=O)N2. The molecule has 6 heteroatoms. The van der Waals surface area contributed by atoms with Crippen molar-refractivity contribution in [1.82, 2.24) is 4.98 Å². The summed E-state index contributed by atoms with van der Waals surface area (Å²) < 4.78 is 1.03. The Hall–Kier alpha value is -1.40. The molecule has 0 radical (unpaired) electrons. The van der Waals surface area contributed by atoms with Gasteiger partial charge in [0, 0.05) is 23.9 Å². The summed E-state index contributed by atoms with van der Waals surface area (Å²) in [6, 6.07) is 8.02. The second-order valence-electron chi connectivity index (χ2n) is 4.31. The Morgan fingerprint density at radius 1 is 1.47 bits per heavy atom. The zero-order valence-electron chi connectivity index (χ0n) is 10.2. The predicted molar refractivity (Wildman–Crippen MR) is 80.9 cm³/mol. The van der Waals surface area contributed by atoms with Crippen molar-refractivity contribution in [2.45, 2.75) is 12.3 Å². The van der Waals surface area contributed by atoms with Crippen LogP contribution in [0, 0.1) is 0 Å². The maximum Gasteiger partial charge on any atom is 0.226 e. The summed E-state index contributed by atoms with van der Waals surface area (Å²) in [5.41, 5.74) is 1.13. The first-order valence-electron chi connectivity index (χ1n) is 5.92. The van der Waals surface area contributed by atoms with Crippen LogP contribution in [0.4, 0.5) is 10.9 Å². The van der Waals surface area contributed by atoms with E-state index in [0.717, 1.165) is 20.0 Å². The van der Waals surface area contributed by atoms with Crippen LogP contribution >= 0.6 is 27.3 Å². The Morgan fingerprint density at radius 3 is 3.00 bits per heavy atom. The molecule has 2 heterocycles. The van der Waals surface area contributed by atoms with Crippen LogP contribution in [0.2, 0.25) is 0 Å². The predicted octanol–water partition coefficient (Wildman–Crippen LogP) is 3.42. The van der Waals surface area contributed by atoms with Gasteiger partial charge in [0.15, 0.2) is 5.13 Å². The lowest BCUT2D eigenvalue weighted by Crippen LogP contribution is -2.22. The van der Waals surface area contributed by atoms with Crippen molar-refractivity contribution in [2.75, 3.05) is 17.7 Å². The van der Waals surface area contributed by atoms with E-state index in [1.807, 2.05) is 25.2 Å². The van der Waals surface area contributed by atoms with Crippen molar-refractivity contribution in [3.05, 3.63) is 39.2 Å². The smallest absolute Gasteiger partial charge is 0.226 e. The first-order valence-corrected chi connectivity index (χ1v) is 7.52. The summed E-state index contributed by atoms with van der Waals surface area (Å²) in [6.07, 6.45) is 0.459. The molecule has 0 fully saturated rings. The summed E-state index contributed by atoms with van der Waals surface area (Å²) in [4.78, 5) is 17.3. The van der Waals surface area contributed by atoms with Crippen molar-refractivity contribution in [3.63, 3.8) is 0 Å². The van der Waals surface area contributed by atoms with Crippen molar-refractivity contribution in [1.29, 1.82) is 0 Å². The summed E-state index contributed by atoms with van der Waals surface area (Å²) in [5, 5.41) is 6.69. The third-order valence-corrected chi connectivity index (χ3v) is 5.02. The van der Waals surface area contributed by atoms with Gasteiger partial charge in [-0.15, -0.1) is 0 Å². The Bertz CT molecular complexity index is 641. The number of fused-ring (bicyclic) bond motifs is 1. The number of nitrogens with one attached hydrogen (secondary N) is 2. The standard InChI is InChI=1S/C13H12BrN3OS/c1-15-13-17-12-11(19-13)8(6-10(18)16-12)7-4-2-3-5-9(7)14/h2-5,8H,6H2,1H3,(H,15,17)(H,16,18). The number of thiazole rings is 1. The van der Waals surface area contributed by atoms with Crippen molar-refractivity contribution in [2.24, 2.45) is 0 Å². The third kappa shape index (κ3) is 2.26. The number of anilines is 2. The van der Waals surface area contributed by atoms with Gasteiger partial charge in [-0.3, -0.25) is 4.79 Å². The van der Waals surface area contributed by atoms with Crippen molar-refractivity contribution < 1.29 is 4.79 Å². The van der Waals surface area contributed by atoms with Gasteiger partial charge in [0.2, 0.25) is 5.91 Å². The largest absolute Gasteiger partial charge is 0.365 e. The van der Waals surface area contributed by atoms with E-state index in [0.29, 0.717) is 12.2 Å². The number of hydrogen-bond acceptors (Lipinski definition) is 4. The number of rotatable bonds is 2. The minimum absolute atomic E-state index is 0.0150. The zero-order chi connectivity index (χ0) is 13.4. The lowest BCUT2D eigenvalue weighted by Gasteiger charge is -2.22. The summed E-state index contributed by atoms with van der Waals surface area (Å²) in [7, 11) is 1.83. The number of nitrogens with zero attached hydrogens (tertiary/aromatic N) is 1. The summed E-state index contributed by atoms with van der Waals surface area (Å²) in [5.74, 6) is 0.770. The van der Waals surface area contributed by atoms with Crippen LogP contribution in [0.1, 0.15) is 22.8 Å². The van der Waals surface area contributed by atoms with E-state index in [1.54, 1.807) is 11.3 Å². The molecule has 0 spiro atoms. The minimum atomic E-state index is 0.0150. The molecule has 4 nitrogen and oxygen atoms in total. The van der Waals surface area contributed by atoms with Crippen LogP contribution in [0.15, 0.2) is 28.7 Å². The van der Waals surface area contributed by atoms with Crippen molar-refractivity contribution >= 4 is 44.1 Å². The molecule has 2 N–H and O–H groups in total. The van der Waals surface area contributed by atoms with Gasteiger partial charge in [0.25, 0.3) is 0 Å². The maximum atomic E-state index is 11.8. The molecular weight excluding hydrogens is 326 g/mol. The Morgan fingerprint density at radius 2 is 2.26 bits per heavy atom. The number of carbonyl (C=O) groups is 1. The second kappa shape index (κ2) is 4.94. The van der Waals surface area contributed by atoms with Crippen LogP contribution < -0.4 is 10.6 Å². The first kappa shape index (κ1) is 12.6. The molecule has 0 saturated heterocycles. The molecule has 0 bridgehead atoms. The highest BCUT2D eigenvalue weighted by Gasteiger charge is 2.31. The van der Waals surface area contributed by atoms with Gasteiger partial charge in [-0.25, -0.2) is 4.98 Å². The monoisotopic (exact) mass is 337 g/mol. The molecule has 0 saturated carbocycles. The number of amides is 1. The van der Waals surface area contributed by atoms with Crippen LogP contribution in [-0.4, -0.2) is 17.9 Å². The van der Waals surface area contributed by atoms with Crippen LogP contribution in [0.25, 0.3) is 0 Å². The van der Waals surface area contributed by atoms with Crippen LogP contribution in [-0.2, 0) is 4.79 Å². The molecule has 3 rings (SSSR count). The highest BCUT2D eigenvalue weighted by molar-refractivity contribution is 9.10. The molecule has 1 amide bonds. The molecule has 0 aliphatic carbocycles. The number of carbonyl (C=O) groups excluding carboxylic acids is 1. The number of benzene rings is 1. The average Bonchev–Trinajstić information content (AvgIpc) is 2.81. The van der Waals surface area contributed by atoms with Crippen molar-refractivity contribution in [3.8, 4) is 0 Å². The van der Waals surface area contributed by atoms with E-state index in [9.17, 15) is 4.79 Å². The maximum absolute atomic E-state index is 11.8. The fraction of sp³-hybridized carbons (Fsp3) is 0.231. The molecular formula is C13H12BrN3OS. The van der Waals surface area contributed by atoms with E-state index in [-0.39, 0.29) is 11.8 Å². The van der Waals surface area contributed by atoms with E-state index >= 15 is 0 Å². The molecule has 1 aromatic heterocycles. The topological polar surface area (TPSA) is 54.0 Å². The molecule has 19 heavy (non-hydrogen) atoms. The van der Waals surface area contributed by atoms with Gasteiger partial charge < -0.3 is 10.6 Å². The lowest BCUT2D eigenvalue weighted by molar-refractivity contribution is -0.116. The molecule has 98 valence electrons. The molecule has 1 atom stereocenters. The molecule has 1 unspecified atom stereocenters. The molecule has 2 aromatic rings. The number of aromatic nitrogens is 1. The van der Waals surface area contributed by atoms with Gasteiger partial charge >= 0.3 is 0 Å². The van der Waals surface area contributed by atoms with E-state index in [2.05, 4.69) is 37.6 Å². The van der Waals surface area contributed by atoms with E-state index in [4.69, 9.17) is 0 Å². The number of halogens is 1. The molecule has 1 aliphatic heterocycles. The highest BCUT2D eigenvalue weighted by Crippen LogP contribution is 2.43. The summed E-state index contributed by atoms with van der Waals surface area (Å²) >= 11 is 5.16. The highest BCUT2D eigenvalue weighted by atomic mass is 79.9. The Balaban J connectivity index is 2.10. The second-order valence-corrected chi connectivity index (χ2v) is 6.19. The molecule has 1 aromatic carbocycles. The minimum Gasteiger partial charge on any atom is -0.365 e. The number of hydrogen-bond donors (Lipinski definition) is 2. The van der Waals surface area contributed by atoms with Gasteiger partial charge in [-0.2, -0.15) is 0 Å².